The number of carboxylic acids is 1. The van der Waals surface area contributed by atoms with Crippen molar-refractivity contribution in [2.24, 2.45) is 5.92 Å². The van der Waals surface area contributed by atoms with Crippen molar-refractivity contribution in [3.05, 3.63) is 24.3 Å². The predicted molar refractivity (Wildman–Crippen MR) is 80.6 cm³/mol. The van der Waals surface area contributed by atoms with Gasteiger partial charge in [-0.2, -0.15) is 0 Å². The lowest BCUT2D eigenvalue weighted by Gasteiger charge is -2.32. The number of amides is 1. The summed E-state index contributed by atoms with van der Waals surface area (Å²) in [6.07, 6.45) is -4.35. The number of rotatable bonds is 7. The van der Waals surface area contributed by atoms with E-state index < -0.39 is 46.5 Å². The lowest BCUT2D eigenvalue weighted by Crippen LogP contribution is -2.49. The average molecular weight is 396 g/mol. The summed E-state index contributed by atoms with van der Waals surface area (Å²) < 4.78 is 65.9. The molecule has 1 aliphatic carbocycles. The molecule has 1 fully saturated rings. The Morgan fingerprint density at radius 1 is 1.19 bits per heavy atom. The van der Waals surface area contributed by atoms with Gasteiger partial charge >= 0.3 is 12.3 Å². The van der Waals surface area contributed by atoms with Gasteiger partial charge in [0, 0.05) is 6.04 Å². The van der Waals surface area contributed by atoms with E-state index >= 15 is 0 Å². The molecule has 1 aliphatic rings. The second kappa shape index (κ2) is 7.50. The Kier molecular flexibility index (Phi) is 5.76. The first-order valence-electron chi connectivity index (χ1n) is 7.34. The molecule has 0 aliphatic heterocycles. The molecule has 8 nitrogen and oxygen atoms in total. The van der Waals surface area contributed by atoms with E-state index in [1.165, 1.54) is 0 Å². The smallest absolute Gasteiger partial charge is 0.481 e. The number of aliphatic carboxylic acids is 1. The van der Waals surface area contributed by atoms with E-state index in [0.29, 0.717) is 0 Å². The molecule has 2 rings (SSSR count). The SMILES string of the molecule is O=C(CNS(=O)(=O)c1ccc(OC(F)(F)F)cc1)NC1CC(C(=O)O)C1. The molecule has 3 N–H and O–H groups in total. The summed E-state index contributed by atoms with van der Waals surface area (Å²) in [5.41, 5.74) is 0. The molecule has 26 heavy (non-hydrogen) atoms. The van der Waals surface area contributed by atoms with E-state index in [4.69, 9.17) is 5.11 Å². The Labute approximate surface area is 146 Å². The summed E-state index contributed by atoms with van der Waals surface area (Å²) in [6, 6.07) is 3.16. The summed E-state index contributed by atoms with van der Waals surface area (Å²) in [5, 5.41) is 11.2. The molecule has 0 heterocycles. The molecule has 12 heteroatoms. The van der Waals surface area contributed by atoms with Crippen LogP contribution in [-0.4, -0.2) is 44.3 Å². The molecule has 0 saturated heterocycles. The molecule has 1 amide bonds. The van der Waals surface area contributed by atoms with Crippen LogP contribution in [0.3, 0.4) is 0 Å². The topological polar surface area (TPSA) is 122 Å². The van der Waals surface area contributed by atoms with Crippen molar-refractivity contribution < 1.29 is 41.0 Å². The first-order chi connectivity index (χ1) is 12.0. The van der Waals surface area contributed by atoms with Crippen molar-refractivity contribution in [1.29, 1.82) is 0 Å². The van der Waals surface area contributed by atoms with Crippen molar-refractivity contribution in [2.45, 2.75) is 30.1 Å². The van der Waals surface area contributed by atoms with Gasteiger partial charge in [-0.15, -0.1) is 13.2 Å². The highest BCUT2D eigenvalue weighted by Crippen LogP contribution is 2.27. The van der Waals surface area contributed by atoms with Gasteiger partial charge in [0.15, 0.2) is 0 Å². The zero-order chi connectivity index (χ0) is 19.5. The minimum absolute atomic E-state index is 0.272. The Bertz CT molecular complexity index is 773. The Morgan fingerprint density at radius 3 is 2.27 bits per heavy atom. The van der Waals surface area contributed by atoms with Crippen molar-refractivity contribution >= 4 is 21.9 Å². The average Bonchev–Trinajstić information content (AvgIpc) is 2.47. The van der Waals surface area contributed by atoms with Crippen LogP contribution in [-0.2, 0) is 19.6 Å². The van der Waals surface area contributed by atoms with Crippen LogP contribution in [0.4, 0.5) is 13.2 Å². The Balaban J connectivity index is 1.84. The van der Waals surface area contributed by atoms with Crippen LogP contribution < -0.4 is 14.8 Å². The normalized spacial score (nSPS) is 20.1. The van der Waals surface area contributed by atoms with E-state index in [9.17, 15) is 31.2 Å². The molecule has 0 aromatic heterocycles. The molecule has 0 unspecified atom stereocenters. The van der Waals surface area contributed by atoms with Gasteiger partial charge < -0.3 is 15.2 Å². The van der Waals surface area contributed by atoms with Gasteiger partial charge in [0.1, 0.15) is 5.75 Å². The van der Waals surface area contributed by atoms with E-state index in [1.54, 1.807) is 0 Å². The van der Waals surface area contributed by atoms with Crippen LogP contribution >= 0.6 is 0 Å². The minimum atomic E-state index is -4.89. The van der Waals surface area contributed by atoms with Gasteiger partial charge in [0.25, 0.3) is 0 Å². The van der Waals surface area contributed by atoms with Crippen molar-refractivity contribution in [1.82, 2.24) is 10.0 Å². The highest BCUT2D eigenvalue weighted by Gasteiger charge is 2.35. The van der Waals surface area contributed by atoms with E-state index in [0.717, 1.165) is 24.3 Å². The maximum atomic E-state index is 12.1. The van der Waals surface area contributed by atoms with Gasteiger partial charge in [0.2, 0.25) is 15.9 Å². The van der Waals surface area contributed by atoms with Crippen LogP contribution in [0.2, 0.25) is 0 Å². The molecular formula is C14H15F3N2O6S. The third-order valence-electron chi connectivity index (χ3n) is 3.64. The first kappa shape index (κ1) is 20.0. The fraction of sp³-hybridized carbons (Fsp3) is 0.429. The monoisotopic (exact) mass is 396 g/mol. The summed E-state index contributed by atoms with van der Waals surface area (Å²) in [4.78, 5) is 22.0. The molecule has 0 radical (unpaired) electrons. The zero-order valence-electron chi connectivity index (χ0n) is 13.1. The Morgan fingerprint density at radius 2 is 1.77 bits per heavy atom. The quantitative estimate of drug-likeness (QED) is 0.628. The highest BCUT2D eigenvalue weighted by molar-refractivity contribution is 7.89. The Hall–Kier alpha value is -2.34. The van der Waals surface area contributed by atoms with Crippen LogP contribution in [0.5, 0.6) is 5.75 Å². The third-order valence-corrected chi connectivity index (χ3v) is 5.06. The lowest BCUT2D eigenvalue weighted by molar-refractivity contribution is -0.274. The predicted octanol–water partition coefficient (Wildman–Crippen LogP) is 0.843. The number of alkyl halides is 3. The molecular weight excluding hydrogens is 381 g/mol. The molecule has 0 bridgehead atoms. The van der Waals surface area contributed by atoms with Gasteiger partial charge in [-0.1, -0.05) is 0 Å². The van der Waals surface area contributed by atoms with Gasteiger partial charge in [-0.3, -0.25) is 9.59 Å². The number of carbonyl (C=O) groups excluding carboxylic acids is 1. The van der Waals surface area contributed by atoms with Crippen LogP contribution in [0, 0.1) is 5.92 Å². The number of halogens is 3. The van der Waals surface area contributed by atoms with Crippen LogP contribution in [0.15, 0.2) is 29.2 Å². The number of ether oxygens (including phenoxy) is 1. The number of hydrogen-bond acceptors (Lipinski definition) is 5. The van der Waals surface area contributed by atoms with E-state index in [2.05, 4.69) is 10.1 Å². The highest BCUT2D eigenvalue weighted by atomic mass is 32.2. The second-order valence-corrected chi connectivity index (χ2v) is 7.38. The summed E-state index contributed by atoms with van der Waals surface area (Å²) in [6.45, 7) is -0.586. The fourth-order valence-corrected chi connectivity index (χ4v) is 3.26. The molecule has 1 aromatic carbocycles. The van der Waals surface area contributed by atoms with Gasteiger partial charge in [-0.05, 0) is 37.1 Å². The number of benzene rings is 1. The van der Waals surface area contributed by atoms with Crippen LogP contribution in [0.1, 0.15) is 12.8 Å². The minimum Gasteiger partial charge on any atom is -0.481 e. The van der Waals surface area contributed by atoms with E-state index in [-0.39, 0.29) is 23.8 Å². The maximum Gasteiger partial charge on any atom is 0.573 e. The molecule has 1 aromatic rings. The number of nitrogens with one attached hydrogen (secondary N) is 2. The molecule has 0 spiro atoms. The van der Waals surface area contributed by atoms with Crippen molar-refractivity contribution in [2.75, 3.05) is 6.54 Å². The number of carboxylic acid groups (broad SMARTS) is 1. The number of sulfonamides is 1. The second-order valence-electron chi connectivity index (χ2n) is 5.61. The largest absolute Gasteiger partial charge is 0.573 e. The first-order valence-corrected chi connectivity index (χ1v) is 8.82. The zero-order valence-corrected chi connectivity index (χ0v) is 13.9. The van der Waals surface area contributed by atoms with Gasteiger partial charge in [0.05, 0.1) is 17.4 Å². The molecule has 1 saturated carbocycles. The van der Waals surface area contributed by atoms with Crippen molar-refractivity contribution in [3.8, 4) is 5.75 Å². The van der Waals surface area contributed by atoms with Crippen LogP contribution in [0.25, 0.3) is 0 Å². The fourth-order valence-electron chi connectivity index (χ4n) is 2.28. The number of carbonyl (C=O) groups is 2. The van der Waals surface area contributed by atoms with Crippen molar-refractivity contribution in [3.63, 3.8) is 0 Å². The van der Waals surface area contributed by atoms with E-state index in [1.807, 2.05) is 4.72 Å². The summed E-state index contributed by atoms with van der Waals surface area (Å²) >= 11 is 0. The third kappa shape index (κ3) is 5.59. The molecule has 144 valence electrons. The summed E-state index contributed by atoms with van der Waals surface area (Å²) in [5.74, 6) is -2.69. The number of hydrogen-bond donors (Lipinski definition) is 3. The lowest BCUT2D eigenvalue weighted by atomic mass is 9.80. The summed E-state index contributed by atoms with van der Waals surface area (Å²) in [7, 11) is -4.11. The molecule has 0 atom stereocenters. The standard InChI is InChI=1S/C14H15F3N2O6S/c15-14(16,17)25-10-1-3-11(4-2-10)26(23,24)18-7-12(20)19-9-5-8(6-9)13(21)22/h1-4,8-9,18H,5-7H2,(H,19,20)(H,21,22). The maximum absolute atomic E-state index is 12.1. The van der Waals surface area contributed by atoms with Gasteiger partial charge in [-0.25, -0.2) is 13.1 Å².